The molecule has 0 aromatic carbocycles. The summed E-state index contributed by atoms with van der Waals surface area (Å²) in [5, 5.41) is -1.04. The van der Waals surface area contributed by atoms with E-state index in [-0.39, 0.29) is 4.57 Å². The lowest BCUT2D eigenvalue weighted by Crippen LogP contribution is -2.24. The highest BCUT2D eigenvalue weighted by atomic mass is 35.5. The summed E-state index contributed by atoms with van der Waals surface area (Å²) in [4.78, 5) is 21.6. The van der Waals surface area contributed by atoms with Crippen molar-refractivity contribution in [1.29, 1.82) is 0 Å². The summed E-state index contributed by atoms with van der Waals surface area (Å²) in [6.07, 6.45) is 0.885. The molecule has 1 aromatic rings. The third-order valence-corrected chi connectivity index (χ3v) is 1.60. The van der Waals surface area contributed by atoms with Crippen LogP contribution in [0.4, 0.5) is 8.78 Å². The Morgan fingerprint density at radius 3 is 2.62 bits per heavy atom. The van der Waals surface area contributed by atoms with Crippen LogP contribution < -0.4 is 5.56 Å². The third kappa shape index (κ3) is 1.92. The monoisotopic (exact) mass is 207 g/mol. The Morgan fingerprint density at radius 2 is 2.15 bits per heavy atom. The van der Waals surface area contributed by atoms with Crippen LogP contribution in [-0.4, -0.2) is 9.81 Å². The van der Waals surface area contributed by atoms with Gasteiger partial charge in [0.15, 0.2) is 0 Å². The number of hydrogen-bond acceptors (Lipinski definition) is 2. The van der Waals surface area contributed by atoms with E-state index in [2.05, 4.69) is 0 Å². The van der Waals surface area contributed by atoms with E-state index in [9.17, 15) is 18.4 Å². The highest BCUT2D eigenvalue weighted by Gasteiger charge is 2.13. The van der Waals surface area contributed by atoms with Gasteiger partial charge in [0, 0.05) is 6.20 Å². The Bertz CT molecular complexity index is 388. The first kappa shape index (κ1) is 9.85. The Kier molecular flexibility index (Phi) is 2.77. The third-order valence-electron chi connectivity index (χ3n) is 1.40. The van der Waals surface area contributed by atoms with Crippen LogP contribution in [-0.2, 0) is 0 Å². The summed E-state index contributed by atoms with van der Waals surface area (Å²) in [6.45, 7) is -2.97. The van der Waals surface area contributed by atoms with Gasteiger partial charge in [0.1, 0.15) is 0 Å². The molecule has 0 saturated carbocycles. The van der Waals surface area contributed by atoms with Crippen molar-refractivity contribution < 1.29 is 13.6 Å². The number of nitrogens with zero attached hydrogens (tertiary/aromatic N) is 1. The lowest BCUT2D eigenvalue weighted by atomic mass is 10.3. The molecule has 13 heavy (non-hydrogen) atoms. The average molecular weight is 208 g/mol. The summed E-state index contributed by atoms with van der Waals surface area (Å²) in [7, 11) is 0. The number of carbonyl (C=O) groups is 1. The number of aromatic nitrogens is 1. The van der Waals surface area contributed by atoms with Gasteiger partial charge in [0.05, 0.1) is 5.56 Å². The Hall–Kier alpha value is -1.23. The molecular formula is C7H4ClF2NO2. The minimum atomic E-state index is -2.97. The molecular weight excluding hydrogens is 204 g/mol. The molecule has 1 aromatic heterocycles. The number of alkyl halides is 2. The van der Waals surface area contributed by atoms with Crippen LogP contribution in [0.5, 0.6) is 0 Å². The van der Waals surface area contributed by atoms with E-state index in [1.807, 2.05) is 0 Å². The molecule has 0 aliphatic heterocycles. The maximum Gasteiger partial charge on any atom is 0.321 e. The normalized spacial score (nSPS) is 10.5. The number of hydrogen-bond donors (Lipinski definition) is 0. The first-order chi connectivity index (χ1) is 6.04. The van der Waals surface area contributed by atoms with Gasteiger partial charge in [0.25, 0.3) is 10.8 Å². The molecule has 0 aliphatic carbocycles. The maximum atomic E-state index is 12.1. The maximum absolute atomic E-state index is 12.1. The Morgan fingerprint density at radius 1 is 1.54 bits per heavy atom. The topological polar surface area (TPSA) is 39.1 Å². The molecule has 70 valence electrons. The summed E-state index contributed by atoms with van der Waals surface area (Å²) >= 11 is 4.99. The molecule has 1 rings (SSSR count). The van der Waals surface area contributed by atoms with Crippen molar-refractivity contribution in [3.8, 4) is 0 Å². The van der Waals surface area contributed by atoms with Crippen LogP contribution in [0.15, 0.2) is 23.1 Å². The van der Waals surface area contributed by atoms with Gasteiger partial charge in [-0.15, -0.1) is 0 Å². The fourth-order valence-corrected chi connectivity index (χ4v) is 0.957. The summed E-state index contributed by atoms with van der Waals surface area (Å²) in [6, 6.07) is 2.25. The number of halogens is 3. The average Bonchev–Trinajstić information content (AvgIpc) is 2.03. The van der Waals surface area contributed by atoms with Gasteiger partial charge >= 0.3 is 6.55 Å². The van der Waals surface area contributed by atoms with Crippen molar-refractivity contribution in [2.45, 2.75) is 6.55 Å². The van der Waals surface area contributed by atoms with Crippen LogP contribution in [0, 0.1) is 0 Å². The van der Waals surface area contributed by atoms with Crippen molar-refractivity contribution in [3.05, 3.63) is 34.2 Å². The summed E-state index contributed by atoms with van der Waals surface area (Å²) in [5.74, 6) is 0. The van der Waals surface area contributed by atoms with Crippen molar-refractivity contribution in [1.82, 2.24) is 4.57 Å². The second-order valence-electron chi connectivity index (χ2n) is 2.19. The van der Waals surface area contributed by atoms with Gasteiger partial charge in [0.2, 0.25) is 0 Å². The molecule has 1 heterocycles. The molecule has 0 saturated heterocycles. The molecule has 0 atom stereocenters. The summed E-state index contributed by atoms with van der Waals surface area (Å²) < 4.78 is 24.3. The fourth-order valence-electron chi connectivity index (χ4n) is 0.813. The van der Waals surface area contributed by atoms with Crippen LogP contribution in [0.2, 0.25) is 0 Å². The molecule has 6 heteroatoms. The van der Waals surface area contributed by atoms with Crippen molar-refractivity contribution in [2.24, 2.45) is 0 Å². The molecule has 0 amide bonds. The number of carbonyl (C=O) groups excluding carboxylic acids is 1. The van der Waals surface area contributed by atoms with Gasteiger partial charge in [-0.1, -0.05) is 0 Å². The molecule has 0 N–H and O–H groups in total. The van der Waals surface area contributed by atoms with E-state index in [1.165, 1.54) is 0 Å². The van der Waals surface area contributed by atoms with Crippen LogP contribution in [0.1, 0.15) is 16.9 Å². The molecule has 0 radical (unpaired) electrons. The minimum absolute atomic E-state index is 0.135. The zero-order chi connectivity index (χ0) is 10.0. The highest BCUT2D eigenvalue weighted by molar-refractivity contribution is 6.67. The van der Waals surface area contributed by atoms with E-state index in [0.29, 0.717) is 0 Å². The van der Waals surface area contributed by atoms with Crippen molar-refractivity contribution >= 4 is 16.8 Å². The van der Waals surface area contributed by atoms with Crippen LogP contribution in [0.3, 0.4) is 0 Å². The first-order valence-corrected chi connectivity index (χ1v) is 3.61. The number of pyridine rings is 1. The Balaban J connectivity index is 3.36. The predicted molar refractivity (Wildman–Crippen MR) is 42.1 cm³/mol. The van der Waals surface area contributed by atoms with Crippen molar-refractivity contribution in [3.63, 3.8) is 0 Å². The van der Waals surface area contributed by atoms with Gasteiger partial charge in [-0.3, -0.25) is 14.2 Å². The molecule has 0 unspecified atom stereocenters. The SMILES string of the molecule is O=C(Cl)c1cccn(C(F)F)c1=O. The molecule has 0 bridgehead atoms. The molecule has 3 nitrogen and oxygen atoms in total. The van der Waals surface area contributed by atoms with Gasteiger partial charge in [-0.25, -0.2) is 0 Å². The molecule has 0 aliphatic rings. The predicted octanol–water partition coefficient (Wildman–Crippen LogP) is 1.62. The van der Waals surface area contributed by atoms with E-state index < -0.39 is 22.9 Å². The standard InChI is InChI=1S/C7H4ClF2NO2/c8-5(12)4-2-1-3-11(6(4)13)7(9)10/h1-3,7H. The number of rotatable bonds is 2. The van der Waals surface area contributed by atoms with Crippen LogP contribution in [0.25, 0.3) is 0 Å². The first-order valence-electron chi connectivity index (χ1n) is 3.23. The second kappa shape index (κ2) is 3.66. The van der Waals surface area contributed by atoms with Gasteiger partial charge in [-0.2, -0.15) is 8.78 Å². The largest absolute Gasteiger partial charge is 0.321 e. The highest BCUT2D eigenvalue weighted by Crippen LogP contribution is 2.06. The van der Waals surface area contributed by atoms with E-state index >= 15 is 0 Å². The van der Waals surface area contributed by atoms with Gasteiger partial charge < -0.3 is 0 Å². The fraction of sp³-hybridized carbons (Fsp3) is 0.143. The van der Waals surface area contributed by atoms with E-state index in [0.717, 1.165) is 18.3 Å². The van der Waals surface area contributed by atoms with E-state index in [1.54, 1.807) is 0 Å². The van der Waals surface area contributed by atoms with Crippen LogP contribution >= 0.6 is 11.6 Å². The zero-order valence-electron chi connectivity index (χ0n) is 6.21. The summed E-state index contributed by atoms with van der Waals surface area (Å²) in [5.41, 5.74) is -1.54. The van der Waals surface area contributed by atoms with E-state index in [4.69, 9.17) is 11.6 Å². The quantitative estimate of drug-likeness (QED) is 0.692. The zero-order valence-corrected chi connectivity index (χ0v) is 6.96. The van der Waals surface area contributed by atoms with Crippen molar-refractivity contribution in [2.75, 3.05) is 0 Å². The smallest absolute Gasteiger partial charge is 0.275 e. The Labute approximate surface area is 76.5 Å². The molecule has 0 spiro atoms. The van der Waals surface area contributed by atoms with Gasteiger partial charge in [-0.05, 0) is 23.7 Å². The molecule has 0 fully saturated rings. The second-order valence-corrected chi connectivity index (χ2v) is 2.53. The lowest BCUT2D eigenvalue weighted by Gasteiger charge is -2.03. The minimum Gasteiger partial charge on any atom is -0.275 e. The lowest BCUT2D eigenvalue weighted by molar-refractivity contribution is 0.0660.